The van der Waals surface area contributed by atoms with Crippen LogP contribution in [0.1, 0.15) is 51.0 Å². The largest absolute Gasteiger partial charge is 0.357 e. The van der Waals surface area contributed by atoms with Gasteiger partial charge in [0.1, 0.15) is 5.82 Å². The van der Waals surface area contributed by atoms with E-state index in [9.17, 15) is 9.18 Å². The van der Waals surface area contributed by atoms with Gasteiger partial charge in [0.15, 0.2) is 5.96 Å². The molecule has 0 atom stereocenters. The van der Waals surface area contributed by atoms with E-state index in [1.54, 1.807) is 12.1 Å². The summed E-state index contributed by atoms with van der Waals surface area (Å²) >= 11 is 0. The molecular weight excluding hydrogens is 343 g/mol. The van der Waals surface area contributed by atoms with Crippen LogP contribution in [-0.2, 0) is 11.2 Å². The van der Waals surface area contributed by atoms with Crippen molar-refractivity contribution in [2.75, 3.05) is 32.7 Å². The first-order chi connectivity index (χ1) is 13.2. The second-order valence-electron chi connectivity index (χ2n) is 6.97. The van der Waals surface area contributed by atoms with Crippen molar-refractivity contribution in [1.29, 1.82) is 0 Å². The summed E-state index contributed by atoms with van der Waals surface area (Å²) in [7, 11) is 0. The van der Waals surface area contributed by atoms with Crippen molar-refractivity contribution in [1.82, 2.24) is 15.5 Å². The first kappa shape index (κ1) is 21.2. The highest BCUT2D eigenvalue weighted by molar-refractivity contribution is 5.79. The number of hydrogen-bond donors (Lipinski definition) is 2. The Morgan fingerprint density at radius 1 is 1.22 bits per heavy atom. The SMILES string of the molecule is CCNC(=NCCCN1CCCCCC1=O)NCCCc1cccc(F)c1. The summed E-state index contributed by atoms with van der Waals surface area (Å²) in [6, 6.07) is 6.76. The maximum atomic E-state index is 13.2. The van der Waals surface area contributed by atoms with Crippen molar-refractivity contribution in [2.45, 2.75) is 51.9 Å². The summed E-state index contributed by atoms with van der Waals surface area (Å²) in [6.45, 7) is 6.01. The van der Waals surface area contributed by atoms with Gasteiger partial charge in [-0.25, -0.2) is 4.39 Å². The molecule has 0 bridgehead atoms. The van der Waals surface area contributed by atoms with Gasteiger partial charge in [-0.1, -0.05) is 18.6 Å². The molecule has 6 heteroatoms. The molecule has 0 radical (unpaired) electrons. The Bertz CT molecular complexity index is 606. The fourth-order valence-corrected chi connectivity index (χ4v) is 3.26. The summed E-state index contributed by atoms with van der Waals surface area (Å²) in [5, 5.41) is 6.57. The number of carbonyl (C=O) groups is 1. The Morgan fingerprint density at radius 2 is 2.11 bits per heavy atom. The molecule has 1 amide bonds. The third-order valence-electron chi connectivity index (χ3n) is 4.70. The van der Waals surface area contributed by atoms with E-state index in [4.69, 9.17) is 0 Å². The molecule has 5 nitrogen and oxygen atoms in total. The monoisotopic (exact) mass is 376 g/mol. The van der Waals surface area contributed by atoms with E-state index >= 15 is 0 Å². The van der Waals surface area contributed by atoms with Crippen molar-refractivity contribution < 1.29 is 9.18 Å². The summed E-state index contributed by atoms with van der Waals surface area (Å²) in [5.74, 6) is 0.913. The van der Waals surface area contributed by atoms with Crippen LogP contribution in [0.2, 0.25) is 0 Å². The molecule has 1 fully saturated rings. The highest BCUT2D eigenvalue weighted by atomic mass is 19.1. The number of nitrogens with zero attached hydrogens (tertiary/aromatic N) is 2. The lowest BCUT2D eigenvalue weighted by molar-refractivity contribution is -0.130. The fourth-order valence-electron chi connectivity index (χ4n) is 3.26. The molecule has 1 aromatic rings. The molecule has 0 aliphatic carbocycles. The zero-order chi connectivity index (χ0) is 19.3. The summed E-state index contributed by atoms with van der Waals surface area (Å²) in [5.41, 5.74) is 1.01. The Hall–Kier alpha value is -2.11. The number of amides is 1. The Kier molecular flexibility index (Phi) is 9.66. The number of rotatable bonds is 9. The van der Waals surface area contributed by atoms with Gasteiger partial charge >= 0.3 is 0 Å². The van der Waals surface area contributed by atoms with E-state index in [2.05, 4.69) is 15.6 Å². The molecule has 0 unspecified atom stereocenters. The van der Waals surface area contributed by atoms with Gasteiger partial charge in [0.2, 0.25) is 5.91 Å². The van der Waals surface area contributed by atoms with Crippen LogP contribution in [0.25, 0.3) is 0 Å². The molecule has 0 spiro atoms. The molecule has 0 saturated carbocycles. The minimum Gasteiger partial charge on any atom is -0.357 e. The van der Waals surface area contributed by atoms with Gasteiger partial charge in [0.05, 0.1) is 0 Å². The predicted molar refractivity (Wildman–Crippen MR) is 108 cm³/mol. The highest BCUT2D eigenvalue weighted by Crippen LogP contribution is 2.11. The van der Waals surface area contributed by atoms with Gasteiger partial charge in [-0.15, -0.1) is 0 Å². The van der Waals surface area contributed by atoms with E-state index in [1.165, 1.54) is 6.07 Å². The van der Waals surface area contributed by atoms with Crippen LogP contribution in [-0.4, -0.2) is 49.5 Å². The number of aliphatic imine (C=N–C) groups is 1. The highest BCUT2D eigenvalue weighted by Gasteiger charge is 2.15. The average molecular weight is 377 g/mol. The molecule has 150 valence electrons. The van der Waals surface area contributed by atoms with Crippen molar-refractivity contribution in [2.24, 2.45) is 4.99 Å². The van der Waals surface area contributed by atoms with Crippen LogP contribution >= 0.6 is 0 Å². The number of guanidine groups is 1. The molecule has 2 rings (SSSR count). The van der Waals surface area contributed by atoms with Crippen LogP contribution in [0.5, 0.6) is 0 Å². The van der Waals surface area contributed by atoms with Crippen molar-refractivity contribution >= 4 is 11.9 Å². The third-order valence-corrected chi connectivity index (χ3v) is 4.70. The topological polar surface area (TPSA) is 56.7 Å². The second-order valence-corrected chi connectivity index (χ2v) is 6.97. The molecule has 1 aromatic carbocycles. The van der Waals surface area contributed by atoms with Crippen LogP contribution in [0.15, 0.2) is 29.3 Å². The van der Waals surface area contributed by atoms with Crippen molar-refractivity contribution in [3.63, 3.8) is 0 Å². The summed E-state index contributed by atoms with van der Waals surface area (Å²) in [6.07, 6.45) is 6.62. The average Bonchev–Trinajstić information content (AvgIpc) is 2.86. The third kappa shape index (κ3) is 8.41. The van der Waals surface area contributed by atoms with E-state index < -0.39 is 0 Å². The summed E-state index contributed by atoms with van der Waals surface area (Å²) in [4.78, 5) is 18.6. The maximum Gasteiger partial charge on any atom is 0.222 e. The molecule has 1 heterocycles. The molecule has 1 saturated heterocycles. The first-order valence-electron chi connectivity index (χ1n) is 10.2. The van der Waals surface area contributed by atoms with Gasteiger partial charge in [0.25, 0.3) is 0 Å². The number of benzene rings is 1. The van der Waals surface area contributed by atoms with E-state index in [0.29, 0.717) is 18.9 Å². The maximum absolute atomic E-state index is 13.2. The second kappa shape index (κ2) is 12.3. The predicted octanol–water partition coefficient (Wildman–Crippen LogP) is 3.11. The van der Waals surface area contributed by atoms with E-state index in [0.717, 1.165) is 76.2 Å². The smallest absolute Gasteiger partial charge is 0.222 e. The van der Waals surface area contributed by atoms with Gasteiger partial charge in [-0.2, -0.15) is 0 Å². The minimum atomic E-state index is -0.182. The molecular formula is C21H33FN4O. The lowest BCUT2D eigenvalue weighted by Crippen LogP contribution is -2.38. The van der Waals surface area contributed by atoms with E-state index in [-0.39, 0.29) is 5.82 Å². The van der Waals surface area contributed by atoms with E-state index in [1.807, 2.05) is 17.9 Å². The zero-order valence-electron chi connectivity index (χ0n) is 16.5. The Morgan fingerprint density at radius 3 is 2.93 bits per heavy atom. The molecule has 0 aromatic heterocycles. The standard InChI is InChI=1S/C21H33FN4O/c1-2-23-21(24-13-7-10-18-9-6-11-19(22)17-18)25-14-8-16-26-15-5-3-4-12-20(26)27/h6,9,11,17H,2-5,7-8,10,12-16H2,1H3,(H2,23,24,25). The van der Waals surface area contributed by atoms with Crippen LogP contribution in [0.3, 0.4) is 0 Å². The number of halogens is 1. The minimum absolute atomic E-state index is 0.182. The molecule has 27 heavy (non-hydrogen) atoms. The van der Waals surface area contributed by atoms with Crippen molar-refractivity contribution in [3.8, 4) is 0 Å². The number of hydrogen-bond acceptors (Lipinski definition) is 2. The lowest BCUT2D eigenvalue weighted by Gasteiger charge is -2.20. The Balaban J connectivity index is 1.67. The Labute approximate surface area is 162 Å². The van der Waals surface area contributed by atoms with Crippen LogP contribution in [0.4, 0.5) is 4.39 Å². The molecule has 2 N–H and O–H groups in total. The summed E-state index contributed by atoms with van der Waals surface area (Å²) < 4.78 is 13.2. The molecule has 1 aliphatic heterocycles. The lowest BCUT2D eigenvalue weighted by atomic mass is 10.1. The van der Waals surface area contributed by atoms with Gasteiger partial charge in [0, 0.05) is 39.1 Å². The number of aryl methyl sites for hydroxylation is 1. The van der Waals surface area contributed by atoms with Gasteiger partial charge in [-0.05, 0) is 56.7 Å². The van der Waals surface area contributed by atoms with Gasteiger partial charge in [-0.3, -0.25) is 9.79 Å². The fraction of sp³-hybridized carbons (Fsp3) is 0.619. The van der Waals surface area contributed by atoms with Crippen LogP contribution in [0, 0.1) is 5.82 Å². The quantitative estimate of drug-likeness (QED) is 0.396. The number of carbonyl (C=O) groups excluding carboxylic acids is 1. The first-order valence-corrected chi connectivity index (χ1v) is 10.2. The zero-order valence-corrected chi connectivity index (χ0v) is 16.5. The van der Waals surface area contributed by atoms with Crippen LogP contribution < -0.4 is 10.6 Å². The molecule has 1 aliphatic rings. The number of likely N-dealkylation sites (tertiary alicyclic amines) is 1. The van der Waals surface area contributed by atoms with Crippen molar-refractivity contribution in [3.05, 3.63) is 35.6 Å². The normalized spacial score (nSPS) is 15.6. The number of nitrogens with one attached hydrogen (secondary N) is 2. The van der Waals surface area contributed by atoms with Gasteiger partial charge < -0.3 is 15.5 Å².